The van der Waals surface area contributed by atoms with Crippen LogP contribution in [0.1, 0.15) is 22.9 Å². The van der Waals surface area contributed by atoms with Gasteiger partial charge in [-0.15, -0.1) is 0 Å². The Morgan fingerprint density at radius 3 is 2.68 bits per heavy atom. The quantitative estimate of drug-likeness (QED) is 0.760. The minimum absolute atomic E-state index is 0.680. The summed E-state index contributed by atoms with van der Waals surface area (Å²) in [5, 5.41) is 11.6. The molecule has 1 atom stereocenters. The summed E-state index contributed by atoms with van der Waals surface area (Å²) >= 11 is 0. The highest BCUT2D eigenvalue weighted by Gasteiger charge is 2.14. The number of nitrogens with zero attached hydrogens (tertiary/aromatic N) is 2. The van der Waals surface area contributed by atoms with Crippen molar-refractivity contribution in [3.63, 3.8) is 0 Å². The van der Waals surface area contributed by atoms with Crippen LogP contribution >= 0.6 is 0 Å². The molecule has 0 spiro atoms. The van der Waals surface area contributed by atoms with Gasteiger partial charge in [0.05, 0.1) is 5.52 Å². The first-order valence-corrected chi connectivity index (χ1v) is 6.20. The highest BCUT2D eigenvalue weighted by Crippen LogP contribution is 2.27. The predicted octanol–water partition coefficient (Wildman–Crippen LogP) is 3.02. The van der Waals surface area contributed by atoms with E-state index in [0.29, 0.717) is 0 Å². The molecule has 1 aromatic carbocycles. The fourth-order valence-corrected chi connectivity index (χ4v) is 2.27. The molecule has 0 radical (unpaired) electrons. The number of benzene rings is 1. The standard InChI is InChI=1S/C16H14N2O/c1-11-10-13(7-9-17-11)16(19)14-6-2-4-12-5-3-8-18-15(12)14/h2-10,16,19H,1H3. The van der Waals surface area contributed by atoms with E-state index in [1.165, 1.54) is 0 Å². The summed E-state index contributed by atoms with van der Waals surface area (Å²) in [6.45, 7) is 1.91. The fraction of sp³-hybridized carbons (Fsp3) is 0.125. The van der Waals surface area contributed by atoms with Gasteiger partial charge in [-0.3, -0.25) is 9.97 Å². The molecule has 0 saturated heterocycles. The van der Waals surface area contributed by atoms with Crippen molar-refractivity contribution in [3.8, 4) is 0 Å². The lowest BCUT2D eigenvalue weighted by atomic mass is 9.99. The summed E-state index contributed by atoms with van der Waals surface area (Å²) in [7, 11) is 0. The van der Waals surface area contributed by atoms with E-state index in [1.807, 2.05) is 49.4 Å². The third kappa shape index (κ3) is 2.20. The molecule has 2 heterocycles. The van der Waals surface area contributed by atoms with Crippen LogP contribution in [-0.2, 0) is 0 Å². The maximum absolute atomic E-state index is 10.5. The van der Waals surface area contributed by atoms with Gasteiger partial charge in [0, 0.05) is 29.0 Å². The zero-order valence-electron chi connectivity index (χ0n) is 10.6. The van der Waals surface area contributed by atoms with Gasteiger partial charge in [0.2, 0.25) is 0 Å². The number of aliphatic hydroxyl groups is 1. The molecule has 3 nitrogen and oxygen atoms in total. The van der Waals surface area contributed by atoms with E-state index in [0.717, 1.165) is 27.7 Å². The van der Waals surface area contributed by atoms with E-state index in [1.54, 1.807) is 12.4 Å². The number of aliphatic hydroxyl groups excluding tert-OH is 1. The molecule has 3 rings (SSSR count). The van der Waals surface area contributed by atoms with Crippen molar-refractivity contribution >= 4 is 10.9 Å². The van der Waals surface area contributed by atoms with Gasteiger partial charge in [-0.1, -0.05) is 24.3 Å². The monoisotopic (exact) mass is 250 g/mol. The largest absolute Gasteiger partial charge is 0.384 e. The lowest BCUT2D eigenvalue weighted by molar-refractivity contribution is 0.221. The van der Waals surface area contributed by atoms with Gasteiger partial charge in [0.1, 0.15) is 6.10 Å². The van der Waals surface area contributed by atoms with Crippen molar-refractivity contribution < 1.29 is 5.11 Å². The Morgan fingerprint density at radius 2 is 1.84 bits per heavy atom. The van der Waals surface area contributed by atoms with Crippen LogP contribution in [0.4, 0.5) is 0 Å². The average molecular weight is 250 g/mol. The number of aryl methyl sites for hydroxylation is 1. The first-order valence-electron chi connectivity index (χ1n) is 6.20. The Hall–Kier alpha value is -2.26. The summed E-state index contributed by atoms with van der Waals surface area (Å²) in [5.41, 5.74) is 3.39. The van der Waals surface area contributed by atoms with Crippen LogP contribution in [0.5, 0.6) is 0 Å². The highest BCUT2D eigenvalue weighted by molar-refractivity contribution is 5.82. The molecule has 0 aliphatic rings. The Balaban J connectivity index is 2.14. The van der Waals surface area contributed by atoms with Gasteiger partial charge in [-0.2, -0.15) is 0 Å². The van der Waals surface area contributed by atoms with Crippen LogP contribution in [0.15, 0.2) is 54.9 Å². The molecule has 0 bridgehead atoms. The van der Waals surface area contributed by atoms with Crippen LogP contribution in [-0.4, -0.2) is 15.1 Å². The second kappa shape index (κ2) is 4.78. The summed E-state index contributed by atoms with van der Waals surface area (Å²) < 4.78 is 0. The molecule has 0 aliphatic heterocycles. The number of para-hydroxylation sites is 1. The molecule has 0 aliphatic carbocycles. The smallest absolute Gasteiger partial charge is 0.106 e. The predicted molar refractivity (Wildman–Crippen MR) is 74.8 cm³/mol. The van der Waals surface area contributed by atoms with E-state index in [9.17, 15) is 5.11 Å². The molecule has 0 amide bonds. The Morgan fingerprint density at radius 1 is 1.00 bits per heavy atom. The van der Waals surface area contributed by atoms with Crippen LogP contribution in [0.3, 0.4) is 0 Å². The van der Waals surface area contributed by atoms with Crippen LogP contribution < -0.4 is 0 Å². The van der Waals surface area contributed by atoms with E-state index >= 15 is 0 Å². The first-order chi connectivity index (χ1) is 9.25. The highest BCUT2D eigenvalue weighted by atomic mass is 16.3. The van der Waals surface area contributed by atoms with E-state index in [-0.39, 0.29) is 0 Å². The Kier molecular flexibility index (Phi) is 2.97. The lowest BCUT2D eigenvalue weighted by Crippen LogP contribution is -2.02. The van der Waals surface area contributed by atoms with Crippen molar-refractivity contribution in [2.75, 3.05) is 0 Å². The zero-order chi connectivity index (χ0) is 13.2. The summed E-state index contributed by atoms with van der Waals surface area (Å²) in [6.07, 6.45) is 2.78. The molecule has 94 valence electrons. The van der Waals surface area contributed by atoms with Crippen LogP contribution in [0, 0.1) is 6.92 Å². The summed E-state index contributed by atoms with van der Waals surface area (Å²) in [5.74, 6) is 0. The molecule has 3 aromatic rings. The minimum Gasteiger partial charge on any atom is -0.384 e. The second-order valence-electron chi connectivity index (χ2n) is 4.56. The molecule has 0 saturated carbocycles. The molecule has 1 unspecified atom stereocenters. The van der Waals surface area contributed by atoms with Crippen LogP contribution in [0.2, 0.25) is 0 Å². The topological polar surface area (TPSA) is 46.0 Å². The maximum Gasteiger partial charge on any atom is 0.106 e. The normalized spacial score (nSPS) is 12.5. The van der Waals surface area contributed by atoms with Gasteiger partial charge < -0.3 is 5.11 Å². The van der Waals surface area contributed by atoms with Gasteiger partial charge in [-0.25, -0.2) is 0 Å². The molecule has 0 fully saturated rings. The number of hydrogen-bond acceptors (Lipinski definition) is 3. The SMILES string of the molecule is Cc1cc(C(O)c2cccc3cccnc23)ccn1. The van der Waals surface area contributed by atoms with Crippen molar-refractivity contribution in [2.24, 2.45) is 0 Å². The average Bonchev–Trinajstić information content (AvgIpc) is 2.46. The van der Waals surface area contributed by atoms with Crippen molar-refractivity contribution in [1.82, 2.24) is 9.97 Å². The van der Waals surface area contributed by atoms with Crippen molar-refractivity contribution in [1.29, 1.82) is 0 Å². The fourth-order valence-electron chi connectivity index (χ4n) is 2.27. The Bertz CT molecular complexity index is 719. The van der Waals surface area contributed by atoms with Gasteiger partial charge in [0.25, 0.3) is 0 Å². The van der Waals surface area contributed by atoms with Gasteiger partial charge in [-0.05, 0) is 30.7 Å². The third-order valence-corrected chi connectivity index (χ3v) is 3.19. The Labute approximate surface area is 111 Å². The lowest BCUT2D eigenvalue weighted by Gasteiger charge is -2.13. The molecule has 2 aromatic heterocycles. The van der Waals surface area contributed by atoms with Crippen molar-refractivity contribution in [2.45, 2.75) is 13.0 Å². The molecule has 3 heteroatoms. The summed E-state index contributed by atoms with van der Waals surface area (Å²) in [4.78, 5) is 8.53. The number of aromatic nitrogens is 2. The molecular formula is C16H14N2O. The van der Waals surface area contributed by atoms with Crippen molar-refractivity contribution in [3.05, 3.63) is 71.7 Å². The van der Waals surface area contributed by atoms with Crippen LogP contribution in [0.25, 0.3) is 10.9 Å². The molecule has 1 N–H and O–H groups in total. The van der Waals surface area contributed by atoms with Gasteiger partial charge in [0.15, 0.2) is 0 Å². The van der Waals surface area contributed by atoms with E-state index in [2.05, 4.69) is 9.97 Å². The maximum atomic E-state index is 10.5. The number of pyridine rings is 2. The third-order valence-electron chi connectivity index (χ3n) is 3.19. The van der Waals surface area contributed by atoms with E-state index < -0.39 is 6.10 Å². The molecular weight excluding hydrogens is 236 g/mol. The second-order valence-corrected chi connectivity index (χ2v) is 4.56. The number of fused-ring (bicyclic) bond motifs is 1. The summed E-state index contributed by atoms with van der Waals surface area (Å²) in [6, 6.07) is 13.5. The van der Waals surface area contributed by atoms with E-state index in [4.69, 9.17) is 0 Å². The minimum atomic E-state index is -0.680. The number of rotatable bonds is 2. The number of hydrogen-bond donors (Lipinski definition) is 1. The molecule has 19 heavy (non-hydrogen) atoms. The zero-order valence-corrected chi connectivity index (χ0v) is 10.6. The first kappa shape index (κ1) is 11.8. The van der Waals surface area contributed by atoms with Gasteiger partial charge >= 0.3 is 0 Å².